The zero-order valence-corrected chi connectivity index (χ0v) is 12.6. The minimum absolute atomic E-state index is 0.133. The average Bonchev–Trinajstić information content (AvgIpc) is 2.29. The van der Waals surface area contributed by atoms with Crippen molar-refractivity contribution < 1.29 is 9.47 Å². The number of thioether (sulfide) groups is 1. The summed E-state index contributed by atoms with van der Waals surface area (Å²) < 4.78 is 12.0. The lowest BCUT2D eigenvalue weighted by atomic mass is 9.95. The molecule has 0 bridgehead atoms. The van der Waals surface area contributed by atoms with Gasteiger partial charge in [0.05, 0.1) is 6.10 Å². The molecule has 1 aliphatic rings. The number of hydrogen-bond acceptors (Lipinski definition) is 4. The highest BCUT2D eigenvalue weighted by Crippen LogP contribution is 2.28. The van der Waals surface area contributed by atoms with Crippen LogP contribution in [0, 0.1) is 0 Å². The second-order valence-electron chi connectivity index (χ2n) is 4.40. The topological polar surface area (TPSA) is 18.5 Å². The molecule has 0 unspecified atom stereocenters. The Morgan fingerprint density at radius 3 is 2.47 bits per heavy atom. The highest BCUT2D eigenvalue weighted by atomic mass is 32.2. The molecule has 0 radical (unpaired) electrons. The van der Waals surface area contributed by atoms with Crippen molar-refractivity contribution in [2.24, 2.45) is 0 Å². The van der Waals surface area contributed by atoms with E-state index in [1.807, 2.05) is 13.8 Å². The summed E-state index contributed by atoms with van der Waals surface area (Å²) in [6.07, 6.45) is 6.08. The van der Waals surface area contributed by atoms with Gasteiger partial charge in [0.15, 0.2) is 0 Å². The first-order valence-corrected chi connectivity index (χ1v) is 7.76. The molecule has 1 aliphatic carbocycles. The van der Waals surface area contributed by atoms with E-state index in [1.54, 1.807) is 11.8 Å². The van der Waals surface area contributed by atoms with Gasteiger partial charge in [0.2, 0.25) is 4.38 Å². The Bertz CT molecular complexity index is 277. The maximum Gasteiger partial charge on any atom is 0.285 e. The molecule has 0 amide bonds. The molecule has 1 saturated carbocycles. The van der Waals surface area contributed by atoms with Gasteiger partial charge in [-0.15, -0.1) is 0 Å². The van der Waals surface area contributed by atoms with E-state index in [2.05, 4.69) is 6.92 Å². The lowest BCUT2D eigenvalue weighted by molar-refractivity contribution is 0.0554. The van der Waals surface area contributed by atoms with Gasteiger partial charge >= 0.3 is 0 Å². The van der Waals surface area contributed by atoms with Gasteiger partial charge in [-0.05, 0) is 57.5 Å². The summed E-state index contributed by atoms with van der Waals surface area (Å²) in [6, 6.07) is 0. The Labute approximate surface area is 114 Å². The lowest BCUT2D eigenvalue weighted by Gasteiger charge is -2.21. The third-order valence-electron chi connectivity index (χ3n) is 2.53. The first-order valence-electron chi connectivity index (χ1n) is 6.36. The van der Waals surface area contributed by atoms with E-state index in [4.69, 9.17) is 21.7 Å². The van der Waals surface area contributed by atoms with Crippen LogP contribution >= 0.6 is 24.0 Å². The third kappa shape index (κ3) is 5.77. The van der Waals surface area contributed by atoms with Gasteiger partial charge in [0, 0.05) is 5.57 Å². The molecule has 1 rings (SSSR count). The fraction of sp³-hybridized carbons (Fsp3) is 0.769. The van der Waals surface area contributed by atoms with E-state index < -0.39 is 0 Å². The number of hydrogen-bond donors (Lipinski definition) is 0. The van der Waals surface area contributed by atoms with Crippen LogP contribution in [0.2, 0.25) is 0 Å². The minimum atomic E-state index is 0.133. The number of rotatable bonds is 4. The first kappa shape index (κ1) is 14.8. The molecule has 0 aromatic carbocycles. The van der Waals surface area contributed by atoms with Crippen LogP contribution in [0.25, 0.3) is 0 Å². The van der Waals surface area contributed by atoms with Crippen LogP contribution in [-0.2, 0) is 9.47 Å². The summed E-state index contributed by atoms with van der Waals surface area (Å²) in [4.78, 5) is 0. The Morgan fingerprint density at radius 2 is 1.94 bits per heavy atom. The minimum Gasteiger partial charge on any atom is -0.462 e. The normalized spacial score (nSPS) is 15.9. The highest BCUT2D eigenvalue weighted by molar-refractivity contribution is 8.22. The predicted molar refractivity (Wildman–Crippen MR) is 78.1 cm³/mol. The van der Waals surface area contributed by atoms with E-state index in [-0.39, 0.29) is 6.10 Å². The van der Waals surface area contributed by atoms with Crippen molar-refractivity contribution in [3.8, 4) is 0 Å². The van der Waals surface area contributed by atoms with Crippen molar-refractivity contribution in [2.45, 2.75) is 59.0 Å². The summed E-state index contributed by atoms with van der Waals surface area (Å²) in [5, 5.41) is 0. The van der Waals surface area contributed by atoms with Crippen LogP contribution < -0.4 is 0 Å². The zero-order valence-electron chi connectivity index (χ0n) is 11.0. The van der Waals surface area contributed by atoms with Gasteiger partial charge in [0.25, 0.3) is 5.95 Å². The van der Waals surface area contributed by atoms with Crippen LogP contribution in [0.1, 0.15) is 52.9 Å². The standard InChI is InChI=1S/C13H22O2S2/c1-4-17-13(16)15-12(14-10(2)3)11-8-6-5-7-9-11/h10H,4-9H2,1-3H3. The quantitative estimate of drug-likeness (QED) is 0.549. The van der Waals surface area contributed by atoms with Crippen LogP contribution in [0.3, 0.4) is 0 Å². The molecule has 0 aromatic rings. The average molecular weight is 274 g/mol. The predicted octanol–water partition coefficient (Wildman–Crippen LogP) is 4.64. The van der Waals surface area contributed by atoms with Crippen LogP contribution in [0.15, 0.2) is 11.5 Å². The van der Waals surface area contributed by atoms with E-state index in [0.717, 1.165) is 18.6 Å². The second kappa shape index (κ2) is 7.98. The maximum absolute atomic E-state index is 5.76. The molecule has 0 spiro atoms. The lowest BCUT2D eigenvalue weighted by Crippen LogP contribution is -2.12. The molecule has 4 heteroatoms. The van der Waals surface area contributed by atoms with Crippen molar-refractivity contribution >= 4 is 28.4 Å². The zero-order chi connectivity index (χ0) is 12.7. The molecule has 0 heterocycles. The van der Waals surface area contributed by atoms with E-state index in [0.29, 0.717) is 10.3 Å². The van der Waals surface area contributed by atoms with Crippen LogP contribution in [-0.4, -0.2) is 16.2 Å². The maximum atomic E-state index is 5.76. The van der Waals surface area contributed by atoms with Gasteiger partial charge < -0.3 is 9.47 Å². The third-order valence-corrected chi connectivity index (χ3v) is 3.57. The van der Waals surface area contributed by atoms with Crippen molar-refractivity contribution in [2.75, 3.05) is 5.75 Å². The second-order valence-corrected chi connectivity index (χ2v) is 6.27. The molecule has 0 N–H and O–H groups in total. The van der Waals surface area contributed by atoms with Gasteiger partial charge in [-0.25, -0.2) is 0 Å². The number of thiocarbonyl (C=S) groups is 1. The van der Waals surface area contributed by atoms with E-state index in [1.165, 1.54) is 24.8 Å². The van der Waals surface area contributed by atoms with Crippen LogP contribution in [0.5, 0.6) is 0 Å². The molecule has 0 aliphatic heterocycles. The highest BCUT2D eigenvalue weighted by Gasteiger charge is 2.17. The molecular weight excluding hydrogens is 252 g/mol. The van der Waals surface area contributed by atoms with Crippen molar-refractivity contribution in [3.63, 3.8) is 0 Å². The summed E-state index contributed by atoms with van der Waals surface area (Å²) in [5.74, 6) is 1.61. The molecule has 0 aromatic heterocycles. The fourth-order valence-corrected chi connectivity index (χ4v) is 2.60. The van der Waals surface area contributed by atoms with Gasteiger partial charge in [0.1, 0.15) is 0 Å². The number of ether oxygens (including phenoxy) is 2. The summed E-state index contributed by atoms with van der Waals surface area (Å²) in [5.41, 5.74) is 1.30. The molecule has 98 valence electrons. The smallest absolute Gasteiger partial charge is 0.285 e. The van der Waals surface area contributed by atoms with Gasteiger partial charge in [-0.2, -0.15) is 0 Å². The summed E-state index contributed by atoms with van der Waals surface area (Å²) in [6.45, 7) is 6.10. The monoisotopic (exact) mass is 274 g/mol. The van der Waals surface area contributed by atoms with E-state index in [9.17, 15) is 0 Å². The molecule has 1 fully saturated rings. The number of allylic oxidation sites excluding steroid dienone is 1. The molecule has 0 saturated heterocycles. The molecule has 17 heavy (non-hydrogen) atoms. The SMILES string of the molecule is CCSC(=S)OC(OC(C)C)=C1CCCCC1. The molecule has 2 nitrogen and oxygen atoms in total. The Balaban J connectivity index is 2.68. The van der Waals surface area contributed by atoms with Crippen LogP contribution in [0.4, 0.5) is 0 Å². The van der Waals surface area contributed by atoms with Gasteiger partial charge in [-0.3, -0.25) is 0 Å². The van der Waals surface area contributed by atoms with Crippen molar-refractivity contribution in [3.05, 3.63) is 11.5 Å². The summed E-state index contributed by atoms with van der Waals surface area (Å²) >= 11 is 6.72. The Hall–Kier alpha value is -0.220. The van der Waals surface area contributed by atoms with Crippen molar-refractivity contribution in [1.29, 1.82) is 0 Å². The van der Waals surface area contributed by atoms with Gasteiger partial charge in [-0.1, -0.05) is 25.1 Å². The first-order chi connectivity index (χ1) is 8.13. The largest absolute Gasteiger partial charge is 0.462 e. The van der Waals surface area contributed by atoms with E-state index >= 15 is 0 Å². The Kier molecular flexibility index (Phi) is 6.97. The van der Waals surface area contributed by atoms with Crippen molar-refractivity contribution in [1.82, 2.24) is 0 Å². The molecule has 0 atom stereocenters. The fourth-order valence-electron chi connectivity index (χ4n) is 1.80. The molecular formula is C13H22O2S2. The Morgan fingerprint density at radius 1 is 1.29 bits per heavy atom. The summed E-state index contributed by atoms with van der Waals surface area (Å²) in [7, 11) is 0.